The topological polar surface area (TPSA) is 120 Å². The average molecular weight is 504 g/mol. The van der Waals surface area contributed by atoms with Gasteiger partial charge < -0.3 is 25.8 Å². The molecule has 0 radical (unpaired) electrons. The summed E-state index contributed by atoms with van der Waals surface area (Å²) in [5, 5.41) is 5.27. The van der Waals surface area contributed by atoms with Gasteiger partial charge in [-0.25, -0.2) is 4.79 Å². The molecule has 0 aliphatic rings. The lowest BCUT2D eigenvalue weighted by molar-refractivity contribution is -0.129. The lowest BCUT2D eigenvalue weighted by atomic mass is 10.0. The number of amides is 3. The average Bonchev–Trinajstić information content (AvgIpc) is 2.90. The van der Waals surface area contributed by atoms with Crippen LogP contribution in [-0.2, 0) is 34.0 Å². The van der Waals surface area contributed by atoms with Gasteiger partial charge in [0.2, 0.25) is 11.8 Å². The quantitative estimate of drug-likeness (QED) is 0.348. The molecular weight excluding hydrogens is 470 g/mol. The summed E-state index contributed by atoms with van der Waals surface area (Å²) in [7, 11) is 0. The first-order valence-electron chi connectivity index (χ1n) is 12.1. The highest BCUT2D eigenvalue weighted by Gasteiger charge is 2.28. The molecule has 4 N–H and O–H groups in total. The molecule has 0 saturated carbocycles. The smallest absolute Gasteiger partial charge is 0.408 e. The highest BCUT2D eigenvalue weighted by atomic mass is 16.5. The summed E-state index contributed by atoms with van der Waals surface area (Å²) >= 11 is 0. The first-order valence-corrected chi connectivity index (χ1v) is 12.1. The van der Waals surface area contributed by atoms with Gasteiger partial charge in [-0.15, -0.1) is 0 Å². The first kappa shape index (κ1) is 27.3. The maximum absolute atomic E-state index is 13.0. The molecule has 0 saturated heterocycles. The zero-order valence-corrected chi connectivity index (χ0v) is 21.1. The third-order valence-corrected chi connectivity index (χ3v) is 5.68. The lowest BCUT2D eigenvalue weighted by Crippen LogP contribution is -2.55. The van der Waals surface area contributed by atoms with E-state index in [-0.39, 0.29) is 18.9 Å². The number of alkyl carbamates (subject to hydrolysis) is 1. The van der Waals surface area contributed by atoms with Crippen LogP contribution in [0.25, 0.3) is 0 Å². The minimum atomic E-state index is -0.972. The van der Waals surface area contributed by atoms with Crippen molar-refractivity contribution >= 4 is 17.9 Å². The van der Waals surface area contributed by atoms with Crippen LogP contribution in [-0.4, -0.2) is 30.0 Å². The van der Waals surface area contributed by atoms with E-state index >= 15 is 0 Å². The van der Waals surface area contributed by atoms with Gasteiger partial charge in [0.05, 0.1) is 0 Å². The van der Waals surface area contributed by atoms with Crippen molar-refractivity contribution in [2.45, 2.75) is 45.6 Å². The van der Waals surface area contributed by atoms with Crippen molar-refractivity contribution in [3.63, 3.8) is 0 Å². The van der Waals surface area contributed by atoms with E-state index in [0.29, 0.717) is 12.4 Å². The van der Waals surface area contributed by atoms with E-state index in [9.17, 15) is 14.4 Å². The summed E-state index contributed by atoms with van der Waals surface area (Å²) in [6.45, 7) is 4.05. The van der Waals surface area contributed by atoms with E-state index in [2.05, 4.69) is 10.6 Å². The first-order chi connectivity index (χ1) is 17.8. The Morgan fingerprint density at radius 3 is 1.97 bits per heavy atom. The molecule has 0 aliphatic carbocycles. The molecule has 0 aliphatic heterocycles. The number of nitrogens with two attached hydrogens (primary N) is 1. The van der Waals surface area contributed by atoms with Gasteiger partial charge in [0.1, 0.15) is 31.0 Å². The Morgan fingerprint density at radius 2 is 1.38 bits per heavy atom. The molecule has 0 spiro atoms. The van der Waals surface area contributed by atoms with E-state index in [1.54, 1.807) is 13.8 Å². The summed E-state index contributed by atoms with van der Waals surface area (Å²) < 4.78 is 11.1. The number of rotatable bonds is 12. The highest BCUT2D eigenvalue weighted by Crippen LogP contribution is 2.17. The zero-order chi connectivity index (χ0) is 26.6. The van der Waals surface area contributed by atoms with Crippen LogP contribution in [0.1, 0.15) is 30.5 Å². The largest absolute Gasteiger partial charge is 0.489 e. The number of primary amides is 1. The summed E-state index contributed by atoms with van der Waals surface area (Å²) in [5.74, 6) is -0.823. The maximum Gasteiger partial charge on any atom is 0.408 e. The molecule has 3 amide bonds. The van der Waals surface area contributed by atoms with E-state index in [0.717, 1.165) is 16.7 Å². The third kappa shape index (κ3) is 9.00. The molecule has 0 aromatic heterocycles. The number of ether oxygens (including phenoxy) is 2. The number of hydrogen-bond acceptors (Lipinski definition) is 5. The second-order valence-electron chi connectivity index (χ2n) is 9.02. The Hall–Kier alpha value is -4.33. The van der Waals surface area contributed by atoms with Crippen LogP contribution in [0.2, 0.25) is 0 Å². The van der Waals surface area contributed by atoms with Crippen molar-refractivity contribution in [3.05, 3.63) is 102 Å². The van der Waals surface area contributed by atoms with Crippen molar-refractivity contribution in [2.75, 3.05) is 0 Å². The molecule has 3 rings (SSSR count). The van der Waals surface area contributed by atoms with Crippen molar-refractivity contribution in [1.82, 2.24) is 10.6 Å². The van der Waals surface area contributed by atoms with Crippen LogP contribution < -0.4 is 21.1 Å². The monoisotopic (exact) mass is 503 g/mol. The fourth-order valence-corrected chi connectivity index (χ4v) is 3.65. The van der Waals surface area contributed by atoms with Crippen LogP contribution >= 0.6 is 0 Å². The minimum absolute atomic E-state index is 0.0751. The molecule has 0 unspecified atom stereocenters. The third-order valence-electron chi connectivity index (χ3n) is 5.68. The number of carbonyl (C=O) groups is 3. The maximum atomic E-state index is 13.0. The Morgan fingerprint density at radius 1 is 0.784 bits per heavy atom. The highest BCUT2D eigenvalue weighted by molar-refractivity contribution is 5.91. The van der Waals surface area contributed by atoms with Crippen LogP contribution in [0, 0.1) is 5.92 Å². The van der Waals surface area contributed by atoms with Crippen LogP contribution in [0.5, 0.6) is 5.75 Å². The van der Waals surface area contributed by atoms with E-state index < -0.39 is 30.0 Å². The summed E-state index contributed by atoms with van der Waals surface area (Å²) in [6.07, 6.45) is -0.552. The lowest BCUT2D eigenvalue weighted by Gasteiger charge is -2.24. The second kappa shape index (κ2) is 13.7. The summed E-state index contributed by atoms with van der Waals surface area (Å²) in [4.78, 5) is 37.5. The van der Waals surface area contributed by atoms with Crippen molar-refractivity contribution in [1.29, 1.82) is 0 Å². The predicted molar refractivity (Wildman–Crippen MR) is 140 cm³/mol. The molecule has 37 heavy (non-hydrogen) atoms. The van der Waals surface area contributed by atoms with Crippen molar-refractivity contribution in [3.8, 4) is 5.75 Å². The van der Waals surface area contributed by atoms with E-state index in [1.165, 1.54) is 0 Å². The molecule has 8 nitrogen and oxygen atoms in total. The molecule has 8 heteroatoms. The fourth-order valence-electron chi connectivity index (χ4n) is 3.65. The molecule has 3 aromatic carbocycles. The van der Waals surface area contributed by atoms with Crippen LogP contribution in [0.15, 0.2) is 84.9 Å². The van der Waals surface area contributed by atoms with Gasteiger partial charge in [0, 0.05) is 6.42 Å². The zero-order valence-electron chi connectivity index (χ0n) is 21.1. The molecule has 0 heterocycles. The van der Waals surface area contributed by atoms with Crippen molar-refractivity contribution in [2.24, 2.45) is 11.7 Å². The SMILES string of the molecule is CC(C)[C@@H](NC(=O)OCc1ccccc1)C(=O)N[C@H](Cc1cccc(OCc2ccccc2)c1)C(N)=O. The van der Waals surface area contributed by atoms with Gasteiger partial charge in [-0.3, -0.25) is 9.59 Å². The van der Waals surface area contributed by atoms with E-state index in [4.69, 9.17) is 15.2 Å². The van der Waals surface area contributed by atoms with Crippen molar-refractivity contribution < 1.29 is 23.9 Å². The molecule has 0 bridgehead atoms. The second-order valence-corrected chi connectivity index (χ2v) is 9.02. The Bertz CT molecular complexity index is 1170. The normalized spacial score (nSPS) is 12.3. The molecule has 2 atom stereocenters. The Balaban J connectivity index is 1.58. The molecule has 0 fully saturated rings. The standard InChI is InChI=1S/C29H33N3O5/c1-20(2)26(32-29(35)37-19-22-12-7-4-8-13-22)28(34)31-25(27(30)33)17-23-14-9-15-24(16-23)36-18-21-10-5-3-6-11-21/h3-16,20,25-26H,17-19H2,1-2H3,(H2,30,33)(H,31,34)(H,32,35)/t25-,26-/m1/s1. The predicted octanol–water partition coefficient (Wildman–Crippen LogP) is 3.73. The molecule has 194 valence electrons. The van der Waals surface area contributed by atoms with Gasteiger partial charge in [-0.1, -0.05) is 86.6 Å². The number of carbonyl (C=O) groups excluding carboxylic acids is 3. The number of nitrogens with one attached hydrogen (secondary N) is 2. The summed E-state index contributed by atoms with van der Waals surface area (Å²) in [5.41, 5.74) is 8.23. The number of hydrogen-bond donors (Lipinski definition) is 3. The van der Waals surface area contributed by atoms with E-state index in [1.807, 2.05) is 84.9 Å². The molecular formula is C29H33N3O5. The molecule has 3 aromatic rings. The fraction of sp³-hybridized carbons (Fsp3) is 0.276. The number of benzene rings is 3. The van der Waals surface area contributed by atoms with Gasteiger partial charge >= 0.3 is 6.09 Å². The van der Waals surface area contributed by atoms with Crippen LogP contribution in [0.4, 0.5) is 4.79 Å². The Kier molecular flexibility index (Phi) is 10.1. The van der Waals surface area contributed by atoms with Gasteiger partial charge in [0.15, 0.2) is 0 Å². The van der Waals surface area contributed by atoms with Gasteiger partial charge in [-0.2, -0.15) is 0 Å². The summed E-state index contributed by atoms with van der Waals surface area (Å²) in [6, 6.07) is 24.4. The van der Waals surface area contributed by atoms with Gasteiger partial charge in [-0.05, 0) is 34.7 Å². The van der Waals surface area contributed by atoms with Gasteiger partial charge in [0.25, 0.3) is 0 Å². The Labute approximate surface area is 217 Å². The van der Waals surface area contributed by atoms with Crippen LogP contribution in [0.3, 0.4) is 0 Å². The minimum Gasteiger partial charge on any atom is -0.489 e.